The van der Waals surface area contributed by atoms with Gasteiger partial charge in [0.05, 0.1) is 6.42 Å². The minimum atomic E-state index is -3.28. The van der Waals surface area contributed by atoms with E-state index in [0.717, 1.165) is 17.9 Å². The molecule has 2 saturated heterocycles. The number of hydrogen-bond acceptors (Lipinski definition) is 4. The third kappa shape index (κ3) is 2.60. The summed E-state index contributed by atoms with van der Waals surface area (Å²) in [5.74, 6) is -2.54. The van der Waals surface area contributed by atoms with Gasteiger partial charge in [0.1, 0.15) is 6.10 Å². The first kappa shape index (κ1) is 11.1. The Hall–Kier alpha value is -0.360. The summed E-state index contributed by atoms with van der Waals surface area (Å²) >= 11 is 1.85. The summed E-state index contributed by atoms with van der Waals surface area (Å²) in [6.07, 6.45) is -0.0986. The number of cyclic esters (lactones) is 1. The van der Waals surface area contributed by atoms with Crippen LogP contribution in [0.15, 0.2) is 0 Å². The third-order valence-electron chi connectivity index (χ3n) is 2.62. The van der Waals surface area contributed by atoms with Crippen molar-refractivity contribution in [2.75, 3.05) is 18.1 Å². The topological polar surface area (TPSA) is 38.3 Å². The molecule has 2 atom stereocenters. The lowest BCUT2D eigenvalue weighted by Gasteiger charge is -2.14. The van der Waals surface area contributed by atoms with E-state index in [0.29, 0.717) is 12.6 Å². The largest absolute Gasteiger partial charge is 0.456 e. The van der Waals surface area contributed by atoms with E-state index >= 15 is 0 Å². The number of thioether (sulfide) groups is 1. The van der Waals surface area contributed by atoms with Crippen LogP contribution in [0.1, 0.15) is 12.8 Å². The van der Waals surface area contributed by atoms with Crippen LogP contribution in [-0.2, 0) is 9.53 Å². The molecule has 2 aliphatic rings. The number of hydrogen-bond donors (Lipinski definition) is 1. The molecule has 15 heavy (non-hydrogen) atoms. The highest BCUT2D eigenvalue weighted by atomic mass is 32.2. The molecule has 3 nitrogen and oxygen atoms in total. The Bertz CT molecular complexity index is 256. The minimum Gasteiger partial charge on any atom is -0.456 e. The van der Waals surface area contributed by atoms with Crippen molar-refractivity contribution in [1.29, 1.82) is 0 Å². The third-order valence-corrected chi connectivity index (χ3v) is 3.78. The quantitative estimate of drug-likeness (QED) is 0.744. The molecule has 0 aromatic heterocycles. The molecular formula is C9H13F2NO2S. The van der Waals surface area contributed by atoms with Crippen molar-refractivity contribution in [2.45, 2.75) is 30.9 Å². The maximum Gasteiger partial charge on any atom is 0.377 e. The van der Waals surface area contributed by atoms with E-state index in [4.69, 9.17) is 0 Å². The zero-order valence-corrected chi connectivity index (χ0v) is 8.99. The van der Waals surface area contributed by atoms with Crippen LogP contribution in [0.5, 0.6) is 0 Å². The monoisotopic (exact) mass is 237 g/mol. The standard InChI is InChI=1S/C9H13F2NO2S/c10-9(11)3-7(14-8(9)13)4-12-6-1-2-15-5-6/h6-7,12H,1-5H2. The highest BCUT2D eigenvalue weighted by Gasteiger charge is 2.50. The van der Waals surface area contributed by atoms with Gasteiger partial charge in [-0.15, -0.1) is 0 Å². The van der Waals surface area contributed by atoms with Crippen molar-refractivity contribution < 1.29 is 18.3 Å². The first-order valence-electron chi connectivity index (χ1n) is 4.98. The van der Waals surface area contributed by atoms with Crippen LogP contribution in [0.3, 0.4) is 0 Å². The van der Waals surface area contributed by atoms with E-state index in [2.05, 4.69) is 10.1 Å². The summed E-state index contributed by atoms with van der Waals surface area (Å²) in [6.45, 7) is 0.340. The van der Waals surface area contributed by atoms with E-state index < -0.39 is 24.4 Å². The van der Waals surface area contributed by atoms with Crippen molar-refractivity contribution in [3.63, 3.8) is 0 Å². The van der Waals surface area contributed by atoms with Crippen LogP contribution < -0.4 is 5.32 Å². The van der Waals surface area contributed by atoms with Gasteiger partial charge in [-0.1, -0.05) is 0 Å². The fourth-order valence-corrected chi connectivity index (χ4v) is 2.94. The van der Waals surface area contributed by atoms with Crippen LogP contribution in [0.4, 0.5) is 8.78 Å². The molecule has 2 heterocycles. The van der Waals surface area contributed by atoms with Gasteiger partial charge in [0.15, 0.2) is 0 Å². The lowest BCUT2D eigenvalue weighted by molar-refractivity contribution is -0.159. The van der Waals surface area contributed by atoms with E-state index in [1.807, 2.05) is 11.8 Å². The zero-order chi connectivity index (χ0) is 10.9. The summed E-state index contributed by atoms with van der Waals surface area (Å²) in [4.78, 5) is 10.7. The summed E-state index contributed by atoms with van der Waals surface area (Å²) in [5.41, 5.74) is 0. The summed E-state index contributed by atoms with van der Waals surface area (Å²) in [7, 11) is 0. The van der Waals surface area contributed by atoms with E-state index in [-0.39, 0.29) is 0 Å². The Morgan fingerprint density at radius 2 is 2.40 bits per heavy atom. The van der Waals surface area contributed by atoms with Crippen molar-refractivity contribution in [3.8, 4) is 0 Å². The van der Waals surface area contributed by atoms with Crippen LogP contribution in [0.2, 0.25) is 0 Å². The van der Waals surface area contributed by atoms with Gasteiger partial charge in [-0.2, -0.15) is 20.5 Å². The molecule has 0 saturated carbocycles. The Labute approximate surface area is 90.9 Å². The first-order chi connectivity index (χ1) is 7.08. The SMILES string of the molecule is O=C1OC(CNC2CCSC2)CC1(F)F. The minimum absolute atomic E-state index is 0.340. The Morgan fingerprint density at radius 3 is 2.93 bits per heavy atom. The number of ether oxygens (including phenoxy) is 1. The predicted molar refractivity (Wildman–Crippen MR) is 53.2 cm³/mol. The van der Waals surface area contributed by atoms with Gasteiger partial charge in [0.2, 0.25) is 0 Å². The molecule has 0 radical (unpaired) electrons. The average molecular weight is 237 g/mol. The molecule has 86 valence electrons. The second-order valence-corrected chi connectivity index (χ2v) is 5.05. The molecule has 2 rings (SSSR count). The molecule has 6 heteroatoms. The number of rotatable bonds is 3. The van der Waals surface area contributed by atoms with Crippen LogP contribution in [0, 0.1) is 0 Å². The summed E-state index contributed by atoms with van der Waals surface area (Å²) in [6, 6.07) is 0.378. The molecule has 2 fully saturated rings. The molecular weight excluding hydrogens is 224 g/mol. The lowest BCUT2D eigenvalue weighted by atomic mass is 10.2. The van der Waals surface area contributed by atoms with Crippen molar-refractivity contribution >= 4 is 17.7 Å². The highest BCUT2D eigenvalue weighted by Crippen LogP contribution is 2.30. The normalized spacial score (nSPS) is 34.4. The average Bonchev–Trinajstić information content (AvgIpc) is 2.72. The maximum atomic E-state index is 12.8. The maximum absolute atomic E-state index is 12.8. The molecule has 2 unspecified atom stereocenters. The van der Waals surface area contributed by atoms with Crippen molar-refractivity contribution in [1.82, 2.24) is 5.32 Å². The van der Waals surface area contributed by atoms with Crippen molar-refractivity contribution in [3.05, 3.63) is 0 Å². The second-order valence-electron chi connectivity index (χ2n) is 3.90. The molecule has 2 aliphatic heterocycles. The highest BCUT2D eigenvalue weighted by molar-refractivity contribution is 7.99. The zero-order valence-electron chi connectivity index (χ0n) is 8.17. The molecule has 0 aromatic rings. The van der Waals surface area contributed by atoms with Gasteiger partial charge in [0.25, 0.3) is 0 Å². The van der Waals surface area contributed by atoms with Gasteiger partial charge in [-0.05, 0) is 12.2 Å². The van der Waals surface area contributed by atoms with Gasteiger partial charge < -0.3 is 10.1 Å². The number of esters is 1. The predicted octanol–water partition coefficient (Wildman–Crippen LogP) is 1.03. The molecule has 0 amide bonds. The Morgan fingerprint density at radius 1 is 1.60 bits per heavy atom. The number of carbonyl (C=O) groups excluding carboxylic acids is 1. The fourth-order valence-electron chi connectivity index (χ4n) is 1.76. The molecule has 0 aromatic carbocycles. The second kappa shape index (κ2) is 4.25. The molecule has 0 aliphatic carbocycles. The smallest absolute Gasteiger partial charge is 0.377 e. The Balaban J connectivity index is 1.74. The van der Waals surface area contributed by atoms with E-state index in [1.54, 1.807) is 0 Å². The van der Waals surface area contributed by atoms with Gasteiger partial charge >= 0.3 is 11.9 Å². The number of carbonyl (C=O) groups is 1. The van der Waals surface area contributed by atoms with Crippen LogP contribution >= 0.6 is 11.8 Å². The van der Waals surface area contributed by atoms with Gasteiger partial charge in [-0.3, -0.25) is 0 Å². The van der Waals surface area contributed by atoms with Crippen molar-refractivity contribution in [2.24, 2.45) is 0 Å². The fraction of sp³-hybridized carbons (Fsp3) is 0.889. The number of nitrogens with one attached hydrogen (secondary N) is 1. The number of halogens is 2. The van der Waals surface area contributed by atoms with E-state index in [9.17, 15) is 13.6 Å². The summed E-state index contributed by atoms with van der Waals surface area (Å²) in [5, 5.41) is 3.15. The first-order valence-corrected chi connectivity index (χ1v) is 6.13. The Kier molecular flexibility index (Phi) is 3.16. The molecule has 1 N–H and O–H groups in total. The number of alkyl halides is 2. The van der Waals surface area contributed by atoms with Gasteiger partial charge in [-0.25, -0.2) is 4.79 Å². The summed E-state index contributed by atoms with van der Waals surface area (Å²) < 4.78 is 30.1. The lowest BCUT2D eigenvalue weighted by Crippen LogP contribution is -2.35. The molecule has 0 spiro atoms. The van der Waals surface area contributed by atoms with Crippen LogP contribution in [-0.4, -0.2) is 42.1 Å². The van der Waals surface area contributed by atoms with Crippen LogP contribution in [0.25, 0.3) is 0 Å². The van der Waals surface area contributed by atoms with Gasteiger partial charge in [0, 0.05) is 18.3 Å². The van der Waals surface area contributed by atoms with E-state index in [1.165, 1.54) is 0 Å². The molecule has 0 bridgehead atoms.